The zero-order valence-electron chi connectivity index (χ0n) is 24.9. The number of nitrogens with zero attached hydrogens (tertiary/aromatic N) is 2. The lowest BCUT2D eigenvalue weighted by Crippen LogP contribution is -2.53. The second-order valence-corrected chi connectivity index (χ2v) is 11.9. The molecule has 0 spiro atoms. The molecule has 0 N–H and O–H groups in total. The fraction of sp³-hybridized carbons (Fsp3) is 0.189. The largest absolute Gasteiger partial charge is 0.417 e. The number of halogens is 9. The molecule has 3 aromatic carbocycles. The zero-order chi connectivity index (χ0) is 34.2. The predicted octanol–water partition coefficient (Wildman–Crippen LogP) is 10.1. The monoisotopic (exact) mass is 668 g/mol. The number of fused-ring (bicyclic) bond motifs is 9. The number of hydrogen-bond acceptors (Lipinski definition) is 0. The van der Waals surface area contributed by atoms with E-state index in [1.165, 1.54) is 16.8 Å². The van der Waals surface area contributed by atoms with Gasteiger partial charge in [-0.15, -0.1) is 0 Å². The minimum absolute atomic E-state index is 0.0229. The molecular weight excluding hydrogens is 643 g/mol. The quantitative estimate of drug-likeness (QED) is 0.124. The highest BCUT2D eigenvalue weighted by Gasteiger charge is 2.54. The summed E-state index contributed by atoms with van der Waals surface area (Å²) in [6, 6.07) is 23.8. The first kappa shape index (κ1) is 31.7. The molecule has 0 saturated heterocycles. The molecule has 2 aliphatic rings. The van der Waals surface area contributed by atoms with E-state index >= 15 is 13.2 Å². The Balaban J connectivity index is 1.63. The van der Waals surface area contributed by atoms with Gasteiger partial charge in [-0.25, -0.2) is 0 Å². The maximum Gasteiger partial charge on any atom is 0.417 e. The third-order valence-electron chi connectivity index (χ3n) is 9.18. The number of allylic oxidation sites excluding steroid dienone is 1. The molecule has 4 heterocycles. The summed E-state index contributed by atoms with van der Waals surface area (Å²) in [6.07, 6.45) is -14.6. The van der Waals surface area contributed by atoms with Crippen LogP contribution in [0.5, 0.6) is 0 Å². The third kappa shape index (κ3) is 5.16. The molecule has 2 nitrogen and oxygen atoms in total. The van der Waals surface area contributed by atoms with Crippen molar-refractivity contribution in [3.8, 4) is 33.6 Å². The van der Waals surface area contributed by atoms with E-state index in [9.17, 15) is 26.3 Å². The lowest BCUT2D eigenvalue weighted by molar-refractivity contribution is -0.727. The molecule has 0 radical (unpaired) electrons. The van der Waals surface area contributed by atoms with Crippen molar-refractivity contribution in [2.45, 2.75) is 43.3 Å². The molecule has 48 heavy (non-hydrogen) atoms. The van der Waals surface area contributed by atoms with Gasteiger partial charge >= 0.3 is 18.5 Å². The van der Waals surface area contributed by atoms with Gasteiger partial charge in [0.25, 0.3) is 0 Å². The van der Waals surface area contributed by atoms with E-state index in [0.29, 0.717) is 11.1 Å². The molecule has 2 unspecified atom stereocenters. The fourth-order valence-corrected chi connectivity index (χ4v) is 7.29. The van der Waals surface area contributed by atoms with Crippen LogP contribution in [0.3, 0.4) is 0 Å². The van der Waals surface area contributed by atoms with Crippen LogP contribution in [0.1, 0.15) is 46.2 Å². The van der Waals surface area contributed by atoms with E-state index in [2.05, 4.69) is 6.58 Å². The van der Waals surface area contributed by atoms with Crippen molar-refractivity contribution in [1.82, 2.24) is 0 Å². The van der Waals surface area contributed by atoms with E-state index in [-0.39, 0.29) is 30.3 Å². The highest BCUT2D eigenvalue weighted by atomic mass is 19.4. The molecule has 0 aliphatic carbocycles. The molecular formula is C37H25F9N2+2. The summed E-state index contributed by atoms with van der Waals surface area (Å²) >= 11 is 0. The second-order valence-electron chi connectivity index (χ2n) is 11.9. The van der Waals surface area contributed by atoms with Crippen LogP contribution >= 0.6 is 0 Å². The topological polar surface area (TPSA) is 7.76 Å². The van der Waals surface area contributed by atoms with E-state index in [0.717, 1.165) is 16.8 Å². The van der Waals surface area contributed by atoms with Gasteiger partial charge in [0.15, 0.2) is 12.4 Å². The fourth-order valence-electron chi connectivity index (χ4n) is 7.29. The van der Waals surface area contributed by atoms with Gasteiger partial charge in [0, 0.05) is 29.8 Å². The Morgan fingerprint density at radius 1 is 0.625 bits per heavy atom. The number of rotatable bonds is 1. The highest BCUT2D eigenvalue weighted by molar-refractivity contribution is 5.76. The van der Waals surface area contributed by atoms with Gasteiger partial charge < -0.3 is 0 Å². The summed E-state index contributed by atoms with van der Waals surface area (Å²) in [7, 11) is 0. The average Bonchev–Trinajstić information content (AvgIpc) is 3.09. The van der Waals surface area contributed by atoms with E-state index in [1.807, 2.05) is 34.9 Å². The first-order valence-electron chi connectivity index (χ1n) is 15.0. The summed E-state index contributed by atoms with van der Waals surface area (Å²) in [5.41, 5.74) is -5.71. The molecule has 0 bridgehead atoms. The number of aryl methyl sites for hydroxylation is 1. The van der Waals surface area contributed by atoms with Gasteiger partial charge in [-0.05, 0) is 59.9 Å². The number of benzene rings is 3. The molecule has 244 valence electrons. The summed E-state index contributed by atoms with van der Waals surface area (Å²) in [5, 5.41) is 0. The SMILES string of the molecule is C=C1C2C(CCc3cc(C(F)(F)F)c(C(F)(F)F)c(C(F)(F)F)c3-c3cc(-c4ccccc4)cc[n+]31)c1ccccc1-c1cccc[n+]12. The van der Waals surface area contributed by atoms with Gasteiger partial charge in [0.05, 0.1) is 28.2 Å². The van der Waals surface area contributed by atoms with Crippen LogP contribution in [-0.4, -0.2) is 0 Å². The Labute approximate surface area is 269 Å². The molecule has 0 amide bonds. The Hall–Kier alpha value is -4.93. The van der Waals surface area contributed by atoms with Crippen LogP contribution < -0.4 is 9.13 Å². The Morgan fingerprint density at radius 3 is 1.98 bits per heavy atom. The molecule has 11 heteroatoms. The Bertz CT molecular complexity index is 2080. The minimum atomic E-state index is -5.98. The number of hydrogen-bond donors (Lipinski definition) is 0. The standard InChI is InChI=1S/C37H25F9N2/c1-21-34-27(25-11-5-6-12-26(25)29-13-7-8-17-48(29)34)15-14-24-19-28(35(38,39)40)32(36(41,42)43)33(37(44,45)46)31(24)30-20-23(16-18-47(21)30)22-9-3-2-4-10-22/h2-13,16-20,27,34H,1,14-15H2/q+2. The van der Waals surface area contributed by atoms with E-state index in [4.69, 9.17) is 0 Å². The molecule has 2 atom stereocenters. The van der Waals surface area contributed by atoms with Crippen molar-refractivity contribution in [2.24, 2.45) is 0 Å². The van der Waals surface area contributed by atoms with Crippen molar-refractivity contribution in [3.05, 3.63) is 138 Å². The molecule has 2 aliphatic heterocycles. The molecule has 5 aromatic rings. The number of pyridine rings is 2. The van der Waals surface area contributed by atoms with Crippen molar-refractivity contribution < 1.29 is 48.6 Å². The van der Waals surface area contributed by atoms with Crippen LogP contribution in [0, 0.1) is 0 Å². The average molecular weight is 669 g/mol. The van der Waals surface area contributed by atoms with Gasteiger partial charge in [0.2, 0.25) is 23.1 Å². The van der Waals surface area contributed by atoms with Gasteiger partial charge in [0.1, 0.15) is 0 Å². The molecule has 2 aromatic heterocycles. The number of alkyl halides is 9. The van der Waals surface area contributed by atoms with Crippen LogP contribution in [-0.2, 0) is 24.9 Å². The molecule has 0 fully saturated rings. The smallest absolute Gasteiger partial charge is 0.184 e. The van der Waals surface area contributed by atoms with Crippen molar-refractivity contribution in [1.29, 1.82) is 0 Å². The number of aromatic nitrogens is 2. The van der Waals surface area contributed by atoms with Crippen LogP contribution in [0.2, 0.25) is 0 Å². The van der Waals surface area contributed by atoms with Crippen molar-refractivity contribution in [3.63, 3.8) is 0 Å². The lowest BCUT2D eigenvalue weighted by Gasteiger charge is -2.29. The van der Waals surface area contributed by atoms with Gasteiger partial charge in [-0.3, -0.25) is 0 Å². The summed E-state index contributed by atoms with van der Waals surface area (Å²) in [4.78, 5) is 0. The summed E-state index contributed by atoms with van der Waals surface area (Å²) in [6.45, 7) is 4.31. The normalized spacial score (nSPS) is 17.6. The van der Waals surface area contributed by atoms with Crippen LogP contribution in [0.25, 0.3) is 39.3 Å². The molecule has 7 rings (SSSR count). The van der Waals surface area contributed by atoms with Gasteiger partial charge in [-0.1, -0.05) is 48.5 Å². The predicted molar refractivity (Wildman–Crippen MR) is 160 cm³/mol. The second kappa shape index (κ2) is 11.1. The first-order valence-corrected chi connectivity index (χ1v) is 15.0. The van der Waals surface area contributed by atoms with Crippen LogP contribution in [0.4, 0.5) is 39.5 Å². The highest BCUT2D eigenvalue weighted by Crippen LogP contribution is 2.53. The maximum absolute atomic E-state index is 15.1. The minimum Gasteiger partial charge on any atom is -0.184 e. The van der Waals surface area contributed by atoms with Crippen LogP contribution in [0.15, 0.2) is 110 Å². The van der Waals surface area contributed by atoms with Gasteiger partial charge in [-0.2, -0.15) is 48.6 Å². The third-order valence-corrected chi connectivity index (χ3v) is 9.18. The lowest BCUT2D eigenvalue weighted by atomic mass is 9.78. The molecule has 0 saturated carbocycles. The van der Waals surface area contributed by atoms with E-state index in [1.54, 1.807) is 54.7 Å². The van der Waals surface area contributed by atoms with E-state index < -0.39 is 58.3 Å². The maximum atomic E-state index is 15.1. The first-order chi connectivity index (χ1) is 22.7. The van der Waals surface area contributed by atoms with Crippen molar-refractivity contribution in [2.75, 3.05) is 0 Å². The van der Waals surface area contributed by atoms with Crippen molar-refractivity contribution >= 4 is 5.70 Å². The summed E-state index contributed by atoms with van der Waals surface area (Å²) < 4.78 is 135. The zero-order valence-corrected chi connectivity index (χ0v) is 24.9. The Kier molecular flexibility index (Phi) is 7.30. The Morgan fingerprint density at radius 2 is 1.29 bits per heavy atom. The summed E-state index contributed by atoms with van der Waals surface area (Å²) in [5.74, 6) is -0.500.